The van der Waals surface area contributed by atoms with E-state index < -0.39 is 0 Å². The number of rotatable bonds is 7. The third-order valence-electron chi connectivity index (χ3n) is 2.54. The number of aliphatic hydroxyl groups is 1. The van der Waals surface area contributed by atoms with Crippen molar-refractivity contribution in [2.45, 2.75) is 40.5 Å². The number of hydrogen-bond donors (Lipinski definition) is 2. The molecule has 0 aliphatic carbocycles. The number of hydrogen-bond acceptors (Lipinski definition) is 2. The molecular weight excluding hydrogens is 162 g/mol. The van der Waals surface area contributed by atoms with Gasteiger partial charge in [-0.05, 0) is 18.9 Å². The van der Waals surface area contributed by atoms with Crippen LogP contribution in [0.5, 0.6) is 0 Å². The Balaban J connectivity index is 3.35. The van der Waals surface area contributed by atoms with Crippen LogP contribution in [0.3, 0.4) is 0 Å². The first-order valence-corrected chi connectivity index (χ1v) is 5.33. The Labute approximate surface area is 82.7 Å². The summed E-state index contributed by atoms with van der Waals surface area (Å²) in [4.78, 5) is 0. The van der Waals surface area contributed by atoms with Crippen molar-refractivity contribution in [3.05, 3.63) is 0 Å². The van der Waals surface area contributed by atoms with E-state index in [4.69, 9.17) is 5.11 Å². The van der Waals surface area contributed by atoms with Gasteiger partial charge < -0.3 is 10.4 Å². The summed E-state index contributed by atoms with van der Waals surface area (Å²) >= 11 is 0. The first kappa shape index (κ1) is 12.9. The summed E-state index contributed by atoms with van der Waals surface area (Å²) in [6.45, 7) is 10.9. The summed E-state index contributed by atoms with van der Waals surface area (Å²) in [7, 11) is 0. The van der Waals surface area contributed by atoms with Crippen molar-refractivity contribution in [3.8, 4) is 0 Å². The van der Waals surface area contributed by atoms with Crippen LogP contribution in [0, 0.1) is 11.3 Å². The van der Waals surface area contributed by atoms with Gasteiger partial charge in [-0.25, -0.2) is 0 Å². The number of aliphatic hydroxyl groups excluding tert-OH is 1. The lowest BCUT2D eigenvalue weighted by molar-refractivity contribution is 0.156. The van der Waals surface area contributed by atoms with Crippen molar-refractivity contribution in [2.24, 2.45) is 11.3 Å². The SMILES string of the molecule is CCC(C)CCNCC(C)(C)CO. The highest BCUT2D eigenvalue weighted by Gasteiger charge is 2.15. The van der Waals surface area contributed by atoms with Crippen LogP contribution in [0.15, 0.2) is 0 Å². The van der Waals surface area contributed by atoms with Crippen molar-refractivity contribution in [3.63, 3.8) is 0 Å². The van der Waals surface area contributed by atoms with Gasteiger partial charge in [0.1, 0.15) is 0 Å². The molecule has 0 saturated carbocycles. The fourth-order valence-electron chi connectivity index (χ4n) is 1.04. The Morgan fingerprint density at radius 3 is 2.46 bits per heavy atom. The fraction of sp³-hybridized carbons (Fsp3) is 1.00. The van der Waals surface area contributed by atoms with Crippen molar-refractivity contribution in [1.29, 1.82) is 0 Å². The minimum atomic E-state index is 0.0233. The average Bonchev–Trinajstić information content (AvgIpc) is 2.12. The van der Waals surface area contributed by atoms with Gasteiger partial charge in [0.05, 0.1) is 0 Å². The van der Waals surface area contributed by atoms with E-state index in [-0.39, 0.29) is 12.0 Å². The molecule has 0 bridgehead atoms. The van der Waals surface area contributed by atoms with E-state index in [1.54, 1.807) is 0 Å². The van der Waals surface area contributed by atoms with Gasteiger partial charge in [0, 0.05) is 18.6 Å². The molecule has 2 heteroatoms. The molecule has 0 aromatic rings. The Morgan fingerprint density at radius 2 is 2.00 bits per heavy atom. The zero-order valence-electron chi connectivity index (χ0n) is 9.56. The molecule has 0 amide bonds. The summed E-state index contributed by atoms with van der Waals surface area (Å²) < 4.78 is 0. The highest BCUT2D eigenvalue weighted by molar-refractivity contribution is 4.69. The van der Waals surface area contributed by atoms with Gasteiger partial charge in [-0.1, -0.05) is 34.1 Å². The lowest BCUT2D eigenvalue weighted by atomic mass is 9.95. The zero-order chi connectivity index (χ0) is 10.3. The van der Waals surface area contributed by atoms with Crippen molar-refractivity contribution >= 4 is 0 Å². The van der Waals surface area contributed by atoms with E-state index in [2.05, 4.69) is 33.0 Å². The summed E-state index contributed by atoms with van der Waals surface area (Å²) in [6, 6.07) is 0. The molecule has 0 aliphatic heterocycles. The minimum absolute atomic E-state index is 0.0233. The normalized spacial score (nSPS) is 14.5. The maximum Gasteiger partial charge on any atom is 0.0494 e. The van der Waals surface area contributed by atoms with Crippen molar-refractivity contribution < 1.29 is 5.11 Å². The second-order valence-corrected chi connectivity index (χ2v) is 4.80. The molecule has 0 aromatic heterocycles. The third kappa shape index (κ3) is 7.03. The second kappa shape index (κ2) is 6.39. The molecule has 0 rings (SSSR count). The van der Waals surface area contributed by atoms with E-state index in [0.717, 1.165) is 19.0 Å². The van der Waals surface area contributed by atoms with E-state index >= 15 is 0 Å². The van der Waals surface area contributed by atoms with Crippen LogP contribution in [0.2, 0.25) is 0 Å². The van der Waals surface area contributed by atoms with Crippen molar-refractivity contribution in [2.75, 3.05) is 19.7 Å². The monoisotopic (exact) mass is 187 g/mol. The first-order chi connectivity index (χ1) is 6.02. The molecule has 0 heterocycles. The van der Waals surface area contributed by atoms with Crippen LogP contribution in [0.4, 0.5) is 0 Å². The van der Waals surface area contributed by atoms with Gasteiger partial charge in [-0.15, -0.1) is 0 Å². The molecule has 0 saturated heterocycles. The van der Waals surface area contributed by atoms with Gasteiger partial charge in [0.2, 0.25) is 0 Å². The third-order valence-corrected chi connectivity index (χ3v) is 2.54. The van der Waals surface area contributed by atoms with Crippen LogP contribution < -0.4 is 5.32 Å². The molecular formula is C11H25NO. The van der Waals surface area contributed by atoms with Gasteiger partial charge in [-0.2, -0.15) is 0 Å². The molecule has 13 heavy (non-hydrogen) atoms. The number of nitrogens with one attached hydrogen (secondary N) is 1. The smallest absolute Gasteiger partial charge is 0.0494 e. The molecule has 80 valence electrons. The molecule has 0 radical (unpaired) electrons. The lowest BCUT2D eigenvalue weighted by Gasteiger charge is -2.22. The molecule has 1 atom stereocenters. The topological polar surface area (TPSA) is 32.3 Å². The van der Waals surface area contributed by atoms with E-state index in [1.165, 1.54) is 12.8 Å². The highest BCUT2D eigenvalue weighted by atomic mass is 16.3. The van der Waals surface area contributed by atoms with Crippen molar-refractivity contribution in [1.82, 2.24) is 5.32 Å². The lowest BCUT2D eigenvalue weighted by Crippen LogP contribution is -2.33. The van der Waals surface area contributed by atoms with Crippen LogP contribution in [0.1, 0.15) is 40.5 Å². The van der Waals surface area contributed by atoms with Crippen LogP contribution in [-0.2, 0) is 0 Å². The van der Waals surface area contributed by atoms with Crippen LogP contribution in [0.25, 0.3) is 0 Å². The average molecular weight is 187 g/mol. The maximum atomic E-state index is 9.01. The van der Waals surface area contributed by atoms with Gasteiger partial charge in [-0.3, -0.25) is 0 Å². The fourth-order valence-corrected chi connectivity index (χ4v) is 1.04. The largest absolute Gasteiger partial charge is 0.396 e. The maximum absolute atomic E-state index is 9.01. The zero-order valence-corrected chi connectivity index (χ0v) is 9.56. The first-order valence-electron chi connectivity index (χ1n) is 5.33. The predicted molar refractivity (Wildman–Crippen MR) is 57.8 cm³/mol. The Kier molecular flexibility index (Phi) is 6.35. The highest BCUT2D eigenvalue weighted by Crippen LogP contribution is 2.11. The Morgan fingerprint density at radius 1 is 1.38 bits per heavy atom. The molecule has 0 aliphatic rings. The quantitative estimate of drug-likeness (QED) is 0.598. The molecule has 2 nitrogen and oxygen atoms in total. The molecule has 0 fully saturated rings. The van der Waals surface area contributed by atoms with Crippen LogP contribution >= 0.6 is 0 Å². The molecule has 0 spiro atoms. The summed E-state index contributed by atoms with van der Waals surface area (Å²) in [5.74, 6) is 0.810. The second-order valence-electron chi connectivity index (χ2n) is 4.80. The molecule has 2 N–H and O–H groups in total. The summed E-state index contributed by atoms with van der Waals surface area (Å²) in [5.41, 5.74) is 0.0233. The standard InChI is InChI=1S/C11H25NO/c1-5-10(2)6-7-12-8-11(3,4)9-13/h10,12-13H,5-9H2,1-4H3. The molecule has 1 unspecified atom stereocenters. The van der Waals surface area contributed by atoms with Gasteiger partial charge in [0.25, 0.3) is 0 Å². The van der Waals surface area contributed by atoms with Gasteiger partial charge in [0.15, 0.2) is 0 Å². The summed E-state index contributed by atoms with van der Waals surface area (Å²) in [5, 5.41) is 12.4. The minimum Gasteiger partial charge on any atom is -0.396 e. The van der Waals surface area contributed by atoms with E-state index in [9.17, 15) is 0 Å². The van der Waals surface area contributed by atoms with Crippen LogP contribution in [-0.4, -0.2) is 24.8 Å². The Bertz CT molecular complexity index is 123. The Hall–Kier alpha value is -0.0800. The summed E-state index contributed by atoms with van der Waals surface area (Å²) in [6.07, 6.45) is 2.49. The van der Waals surface area contributed by atoms with E-state index in [1.807, 2.05) is 0 Å². The van der Waals surface area contributed by atoms with E-state index in [0.29, 0.717) is 0 Å². The van der Waals surface area contributed by atoms with Gasteiger partial charge >= 0.3 is 0 Å². The predicted octanol–water partition coefficient (Wildman–Crippen LogP) is 2.03. The molecule has 0 aromatic carbocycles.